The summed E-state index contributed by atoms with van der Waals surface area (Å²) in [6, 6.07) is 0. The molecule has 1 amide bonds. The van der Waals surface area contributed by atoms with Crippen LogP contribution in [0, 0.1) is 46.3 Å². The standard InChI is InChI=1S/C26H45NO6S/c1-16(4-7-23(30)27-12-13-34(31,32)33)19-5-6-20-24-21(9-11-26(19,20)3)25(2)10-8-18(28)14-17(25)15-22(24)29/h16-22,24,28-29H,4-15H2,1-3H3,(H,27,30)(H,31,32,33)/t16?,17-,18+,19?,20?,21?,22-,24?,25?,26?/m0/s1. The fourth-order valence-corrected chi connectivity index (χ4v) is 9.50. The summed E-state index contributed by atoms with van der Waals surface area (Å²) in [4.78, 5) is 12.2. The number of fused-ring (bicyclic) bond motifs is 5. The first-order chi connectivity index (χ1) is 15.8. The maximum Gasteiger partial charge on any atom is 0.266 e. The van der Waals surface area contributed by atoms with Crippen LogP contribution in [0.15, 0.2) is 0 Å². The van der Waals surface area contributed by atoms with Crippen LogP contribution in [0.1, 0.15) is 85.0 Å². The van der Waals surface area contributed by atoms with Crippen molar-refractivity contribution in [3.63, 3.8) is 0 Å². The summed E-state index contributed by atoms with van der Waals surface area (Å²) in [7, 11) is -4.06. The van der Waals surface area contributed by atoms with Gasteiger partial charge >= 0.3 is 0 Å². The lowest BCUT2D eigenvalue weighted by atomic mass is 9.43. The SMILES string of the molecule is CC(CCC(=O)NCCS(=O)(=O)O)C1CCC2C3C(CCC12C)C1(C)CC[C@@H](O)C[C@H]1C[C@@H]3O. The average Bonchev–Trinajstić information content (AvgIpc) is 3.09. The molecule has 0 aromatic rings. The van der Waals surface area contributed by atoms with E-state index in [0.29, 0.717) is 41.9 Å². The summed E-state index contributed by atoms with van der Waals surface area (Å²) in [5, 5.41) is 24.2. The van der Waals surface area contributed by atoms with Gasteiger partial charge in [-0.05, 0) is 104 Å². The number of aliphatic hydroxyl groups excluding tert-OH is 2. The van der Waals surface area contributed by atoms with E-state index in [1.165, 1.54) is 6.42 Å². The lowest BCUT2D eigenvalue weighted by Gasteiger charge is -2.62. The summed E-state index contributed by atoms with van der Waals surface area (Å²) in [6.07, 6.45) is 8.87. The number of carbonyl (C=O) groups excluding carboxylic acids is 1. The molecule has 10 atom stereocenters. The molecule has 0 aliphatic heterocycles. The Bertz CT molecular complexity index is 863. The molecular formula is C26H45NO6S. The molecule has 7 nitrogen and oxygen atoms in total. The molecule has 4 rings (SSSR count). The molecule has 4 aliphatic rings. The molecule has 0 bridgehead atoms. The van der Waals surface area contributed by atoms with Gasteiger partial charge in [0.2, 0.25) is 5.91 Å². The number of carbonyl (C=O) groups is 1. The van der Waals surface area contributed by atoms with E-state index in [1.807, 2.05) is 0 Å². The van der Waals surface area contributed by atoms with Gasteiger partial charge in [-0.2, -0.15) is 8.42 Å². The third-order valence-electron chi connectivity index (χ3n) is 10.9. The van der Waals surface area contributed by atoms with Crippen LogP contribution in [0.2, 0.25) is 0 Å². The van der Waals surface area contributed by atoms with Gasteiger partial charge in [0.15, 0.2) is 0 Å². The number of amides is 1. The topological polar surface area (TPSA) is 124 Å². The zero-order valence-electron chi connectivity index (χ0n) is 21.1. The van der Waals surface area contributed by atoms with E-state index < -0.39 is 15.9 Å². The van der Waals surface area contributed by atoms with E-state index in [0.717, 1.165) is 51.4 Å². The summed E-state index contributed by atoms with van der Waals surface area (Å²) in [5.41, 5.74) is 0.411. The van der Waals surface area contributed by atoms with Crippen molar-refractivity contribution in [1.82, 2.24) is 5.32 Å². The summed E-state index contributed by atoms with van der Waals surface area (Å²) < 4.78 is 30.5. The van der Waals surface area contributed by atoms with E-state index in [1.54, 1.807) is 0 Å². The predicted octanol–water partition coefficient (Wildman–Crippen LogP) is 3.40. The molecule has 4 saturated carbocycles. The third-order valence-corrected chi connectivity index (χ3v) is 11.6. The molecule has 0 aromatic heterocycles. The molecule has 0 heterocycles. The maximum absolute atomic E-state index is 12.2. The van der Waals surface area contributed by atoms with Crippen LogP contribution < -0.4 is 5.32 Å². The van der Waals surface area contributed by atoms with Crippen molar-refractivity contribution in [2.45, 2.75) is 97.2 Å². The van der Waals surface area contributed by atoms with Gasteiger partial charge in [-0.25, -0.2) is 0 Å². The predicted molar refractivity (Wildman–Crippen MR) is 130 cm³/mol. The Hall–Kier alpha value is -0.700. The molecule has 0 saturated heterocycles. The van der Waals surface area contributed by atoms with Crippen LogP contribution >= 0.6 is 0 Å². The molecule has 0 spiro atoms. The largest absolute Gasteiger partial charge is 0.393 e. The van der Waals surface area contributed by atoms with Crippen molar-refractivity contribution in [2.75, 3.05) is 12.3 Å². The maximum atomic E-state index is 12.2. The molecule has 8 heteroatoms. The minimum Gasteiger partial charge on any atom is -0.393 e. The highest BCUT2D eigenvalue weighted by Gasteiger charge is 2.62. The molecule has 4 fully saturated rings. The van der Waals surface area contributed by atoms with E-state index in [2.05, 4.69) is 26.1 Å². The quantitative estimate of drug-likeness (QED) is 0.398. The van der Waals surface area contributed by atoms with Crippen molar-refractivity contribution >= 4 is 16.0 Å². The number of hydrogen-bond acceptors (Lipinski definition) is 5. The molecular weight excluding hydrogens is 454 g/mol. The van der Waals surface area contributed by atoms with Gasteiger partial charge in [0.1, 0.15) is 0 Å². The zero-order chi connectivity index (χ0) is 24.9. The summed E-state index contributed by atoms with van der Waals surface area (Å²) >= 11 is 0. The van der Waals surface area contributed by atoms with Gasteiger partial charge < -0.3 is 15.5 Å². The van der Waals surface area contributed by atoms with Gasteiger partial charge in [0.25, 0.3) is 10.1 Å². The van der Waals surface area contributed by atoms with Gasteiger partial charge in [-0.3, -0.25) is 9.35 Å². The van der Waals surface area contributed by atoms with Gasteiger partial charge in [-0.15, -0.1) is 0 Å². The Labute approximate surface area is 205 Å². The average molecular weight is 500 g/mol. The molecule has 0 aromatic carbocycles. The first-order valence-electron chi connectivity index (χ1n) is 13.4. The van der Waals surface area contributed by atoms with Gasteiger partial charge in [0, 0.05) is 13.0 Å². The molecule has 0 radical (unpaired) electrons. The Balaban J connectivity index is 1.39. The molecule has 4 N–H and O–H groups in total. The van der Waals surface area contributed by atoms with Crippen molar-refractivity contribution in [3.05, 3.63) is 0 Å². The van der Waals surface area contributed by atoms with Crippen LogP contribution in [0.3, 0.4) is 0 Å². The van der Waals surface area contributed by atoms with Crippen LogP contribution in [0.4, 0.5) is 0 Å². The first-order valence-corrected chi connectivity index (χ1v) is 15.0. The highest BCUT2D eigenvalue weighted by Crippen LogP contribution is 2.68. The first kappa shape index (κ1) is 26.4. The molecule has 4 aliphatic carbocycles. The Morgan fingerprint density at radius 2 is 1.71 bits per heavy atom. The summed E-state index contributed by atoms with van der Waals surface area (Å²) in [5.74, 6) is 2.10. The fraction of sp³-hybridized carbons (Fsp3) is 0.962. The Morgan fingerprint density at radius 3 is 2.41 bits per heavy atom. The Kier molecular flexibility index (Phi) is 7.47. The second-order valence-electron chi connectivity index (χ2n) is 12.6. The van der Waals surface area contributed by atoms with Crippen LogP contribution in [0.5, 0.6) is 0 Å². The normalized spacial score (nSPS) is 45.1. The number of rotatable bonds is 7. The van der Waals surface area contributed by atoms with Crippen LogP contribution in [-0.2, 0) is 14.9 Å². The summed E-state index contributed by atoms with van der Waals surface area (Å²) in [6.45, 7) is 7.05. The Morgan fingerprint density at radius 1 is 1.03 bits per heavy atom. The molecule has 7 unspecified atom stereocenters. The second kappa shape index (κ2) is 9.64. The minimum absolute atomic E-state index is 0.0625. The number of hydrogen-bond donors (Lipinski definition) is 4. The highest BCUT2D eigenvalue weighted by molar-refractivity contribution is 7.85. The van der Waals surface area contributed by atoms with Crippen molar-refractivity contribution in [2.24, 2.45) is 46.3 Å². The third kappa shape index (κ3) is 4.94. The monoisotopic (exact) mass is 499 g/mol. The van der Waals surface area contributed by atoms with E-state index in [9.17, 15) is 23.4 Å². The lowest BCUT2D eigenvalue weighted by molar-refractivity contribution is -0.174. The van der Waals surface area contributed by atoms with E-state index in [-0.39, 0.29) is 35.5 Å². The highest BCUT2D eigenvalue weighted by atomic mass is 32.2. The minimum atomic E-state index is -4.06. The second-order valence-corrected chi connectivity index (χ2v) is 14.2. The molecule has 34 heavy (non-hydrogen) atoms. The van der Waals surface area contributed by atoms with Crippen LogP contribution in [0.25, 0.3) is 0 Å². The lowest BCUT2D eigenvalue weighted by Crippen LogP contribution is -2.58. The number of nitrogens with one attached hydrogen (secondary N) is 1. The van der Waals surface area contributed by atoms with Gasteiger partial charge in [-0.1, -0.05) is 20.8 Å². The van der Waals surface area contributed by atoms with E-state index in [4.69, 9.17) is 4.55 Å². The van der Waals surface area contributed by atoms with Crippen molar-refractivity contribution in [1.29, 1.82) is 0 Å². The van der Waals surface area contributed by atoms with E-state index >= 15 is 0 Å². The number of aliphatic hydroxyl groups is 2. The van der Waals surface area contributed by atoms with Crippen LogP contribution in [-0.4, -0.2) is 53.6 Å². The van der Waals surface area contributed by atoms with Crippen molar-refractivity contribution in [3.8, 4) is 0 Å². The fourth-order valence-electron chi connectivity index (χ4n) is 9.14. The van der Waals surface area contributed by atoms with Crippen molar-refractivity contribution < 1.29 is 28.0 Å². The smallest absolute Gasteiger partial charge is 0.266 e. The zero-order valence-corrected chi connectivity index (χ0v) is 21.9. The van der Waals surface area contributed by atoms with Gasteiger partial charge in [0.05, 0.1) is 18.0 Å². The molecule has 196 valence electrons.